The Bertz CT molecular complexity index is 431. The number of amides is 1. The number of rotatable bonds is 3. The fraction of sp³-hybridized carbons (Fsp3) is 0.462. The summed E-state index contributed by atoms with van der Waals surface area (Å²) in [4.78, 5) is 13.4. The molecular weight excluding hydrogens is 214 g/mol. The predicted molar refractivity (Wildman–Crippen MR) is 70.0 cm³/mol. The van der Waals surface area contributed by atoms with Crippen molar-refractivity contribution in [2.45, 2.75) is 32.2 Å². The minimum absolute atomic E-state index is 0.434. The Morgan fingerprint density at radius 3 is 2.88 bits per heavy atom. The summed E-state index contributed by atoms with van der Waals surface area (Å²) in [5, 5.41) is 0. The number of nitrogens with two attached hydrogens (primary N) is 2. The molecule has 1 atom stereocenters. The predicted octanol–water partition coefficient (Wildman–Crippen LogP) is 1.75. The summed E-state index contributed by atoms with van der Waals surface area (Å²) in [6, 6.07) is 5.89. The lowest BCUT2D eigenvalue weighted by Crippen LogP contribution is -2.29. The molecule has 1 aromatic rings. The zero-order valence-electron chi connectivity index (χ0n) is 10.1. The Morgan fingerprint density at radius 1 is 1.53 bits per heavy atom. The topological polar surface area (TPSA) is 72.3 Å². The van der Waals surface area contributed by atoms with E-state index < -0.39 is 5.91 Å². The van der Waals surface area contributed by atoms with Crippen LogP contribution in [0.5, 0.6) is 0 Å². The van der Waals surface area contributed by atoms with E-state index in [-0.39, 0.29) is 0 Å². The second-order valence-electron chi connectivity index (χ2n) is 4.54. The van der Waals surface area contributed by atoms with Crippen LogP contribution in [0.25, 0.3) is 0 Å². The Labute approximate surface area is 102 Å². The Balaban J connectivity index is 2.30. The highest BCUT2D eigenvalue weighted by atomic mass is 16.1. The fourth-order valence-electron chi connectivity index (χ4n) is 2.55. The third kappa shape index (κ3) is 2.20. The lowest BCUT2D eigenvalue weighted by molar-refractivity contribution is 0.100. The van der Waals surface area contributed by atoms with Gasteiger partial charge in [0.25, 0.3) is 0 Å². The maximum Gasteiger partial charge on any atom is 0.248 e. The van der Waals surface area contributed by atoms with Crippen molar-refractivity contribution in [3.8, 4) is 0 Å². The molecule has 4 heteroatoms. The molecule has 1 saturated heterocycles. The van der Waals surface area contributed by atoms with Crippen LogP contribution < -0.4 is 16.4 Å². The normalized spacial score (nSPS) is 19.6. The summed E-state index contributed by atoms with van der Waals surface area (Å²) >= 11 is 0. The second-order valence-corrected chi connectivity index (χ2v) is 4.54. The molecular formula is C13H19N3O. The van der Waals surface area contributed by atoms with Crippen molar-refractivity contribution < 1.29 is 4.79 Å². The number of nitrogens with zero attached hydrogens (tertiary/aromatic N) is 1. The van der Waals surface area contributed by atoms with Gasteiger partial charge in [-0.15, -0.1) is 0 Å². The molecule has 1 aliphatic heterocycles. The van der Waals surface area contributed by atoms with Crippen LogP contribution in [-0.2, 0) is 0 Å². The number of hydrogen-bond acceptors (Lipinski definition) is 3. The summed E-state index contributed by atoms with van der Waals surface area (Å²) < 4.78 is 0. The molecule has 2 rings (SSSR count). The summed E-state index contributed by atoms with van der Waals surface area (Å²) in [7, 11) is 0. The molecule has 0 bridgehead atoms. The van der Waals surface area contributed by atoms with E-state index in [1.807, 2.05) is 6.07 Å². The molecule has 1 aliphatic rings. The van der Waals surface area contributed by atoms with E-state index in [1.165, 1.54) is 12.8 Å². The minimum Gasteiger partial charge on any atom is -0.397 e. The van der Waals surface area contributed by atoms with Gasteiger partial charge in [0.05, 0.1) is 11.4 Å². The number of carbonyl (C=O) groups excluding carboxylic acids is 1. The summed E-state index contributed by atoms with van der Waals surface area (Å²) in [5.74, 6) is -0.434. The van der Waals surface area contributed by atoms with Gasteiger partial charge in [-0.1, -0.05) is 6.92 Å². The lowest BCUT2D eigenvalue weighted by Gasteiger charge is -2.27. The van der Waals surface area contributed by atoms with E-state index in [4.69, 9.17) is 11.5 Å². The van der Waals surface area contributed by atoms with Gasteiger partial charge < -0.3 is 16.4 Å². The molecule has 0 radical (unpaired) electrons. The zero-order valence-corrected chi connectivity index (χ0v) is 10.1. The molecule has 0 saturated carbocycles. The lowest BCUT2D eigenvalue weighted by atomic mass is 10.1. The standard InChI is InChI=1S/C13H19N3O/c1-2-10-4-3-7-16(10)12-6-5-9(13(15)17)8-11(12)14/h5-6,8,10H,2-4,7,14H2,1H3,(H2,15,17). The van der Waals surface area contributed by atoms with Gasteiger partial charge in [-0.05, 0) is 37.5 Å². The Kier molecular flexibility index (Phi) is 3.22. The van der Waals surface area contributed by atoms with Crippen molar-refractivity contribution in [3.63, 3.8) is 0 Å². The number of primary amides is 1. The zero-order chi connectivity index (χ0) is 12.4. The first kappa shape index (κ1) is 11.8. The van der Waals surface area contributed by atoms with Gasteiger partial charge >= 0.3 is 0 Å². The van der Waals surface area contributed by atoms with Crippen LogP contribution in [0.15, 0.2) is 18.2 Å². The van der Waals surface area contributed by atoms with E-state index in [0.717, 1.165) is 18.7 Å². The van der Waals surface area contributed by atoms with Crippen molar-refractivity contribution in [1.29, 1.82) is 0 Å². The highest BCUT2D eigenvalue weighted by molar-refractivity contribution is 5.94. The highest BCUT2D eigenvalue weighted by Crippen LogP contribution is 2.32. The SMILES string of the molecule is CCC1CCCN1c1ccc(C(N)=O)cc1N. The molecule has 1 unspecified atom stereocenters. The van der Waals surface area contributed by atoms with E-state index in [1.54, 1.807) is 12.1 Å². The molecule has 17 heavy (non-hydrogen) atoms. The first-order valence-corrected chi connectivity index (χ1v) is 6.09. The molecule has 1 aromatic carbocycles. The molecule has 1 amide bonds. The molecule has 1 fully saturated rings. The Morgan fingerprint density at radius 2 is 2.29 bits per heavy atom. The van der Waals surface area contributed by atoms with Gasteiger partial charge in [0, 0.05) is 18.2 Å². The van der Waals surface area contributed by atoms with Crippen molar-refractivity contribution in [2.24, 2.45) is 5.73 Å². The van der Waals surface area contributed by atoms with Crippen LogP contribution in [-0.4, -0.2) is 18.5 Å². The number of anilines is 2. The van der Waals surface area contributed by atoms with Crippen molar-refractivity contribution in [1.82, 2.24) is 0 Å². The van der Waals surface area contributed by atoms with E-state index in [9.17, 15) is 4.79 Å². The molecule has 0 spiro atoms. The third-order valence-corrected chi connectivity index (χ3v) is 3.47. The van der Waals surface area contributed by atoms with Gasteiger partial charge in [0.2, 0.25) is 5.91 Å². The fourth-order valence-corrected chi connectivity index (χ4v) is 2.55. The number of hydrogen-bond donors (Lipinski definition) is 2. The average Bonchev–Trinajstić information content (AvgIpc) is 2.76. The van der Waals surface area contributed by atoms with Crippen LogP contribution in [0, 0.1) is 0 Å². The van der Waals surface area contributed by atoms with E-state index in [2.05, 4.69) is 11.8 Å². The molecule has 1 heterocycles. The first-order chi connectivity index (χ1) is 8.13. The Hall–Kier alpha value is -1.71. The monoisotopic (exact) mass is 233 g/mol. The van der Waals surface area contributed by atoms with Crippen LogP contribution in [0.3, 0.4) is 0 Å². The third-order valence-electron chi connectivity index (χ3n) is 3.47. The van der Waals surface area contributed by atoms with Gasteiger partial charge in [-0.25, -0.2) is 0 Å². The van der Waals surface area contributed by atoms with Crippen molar-refractivity contribution in [2.75, 3.05) is 17.2 Å². The largest absolute Gasteiger partial charge is 0.397 e. The molecule has 4 N–H and O–H groups in total. The van der Waals surface area contributed by atoms with E-state index >= 15 is 0 Å². The van der Waals surface area contributed by atoms with Gasteiger partial charge in [0.1, 0.15) is 0 Å². The van der Waals surface area contributed by atoms with Gasteiger partial charge in [-0.3, -0.25) is 4.79 Å². The average molecular weight is 233 g/mol. The first-order valence-electron chi connectivity index (χ1n) is 6.09. The molecule has 4 nitrogen and oxygen atoms in total. The maximum absolute atomic E-state index is 11.1. The number of carbonyl (C=O) groups is 1. The second kappa shape index (κ2) is 4.65. The maximum atomic E-state index is 11.1. The summed E-state index contributed by atoms with van der Waals surface area (Å²) in [6.07, 6.45) is 3.54. The molecule has 0 aromatic heterocycles. The molecule has 92 valence electrons. The number of nitrogen functional groups attached to an aromatic ring is 1. The van der Waals surface area contributed by atoms with Crippen LogP contribution in [0.2, 0.25) is 0 Å². The number of benzene rings is 1. The highest BCUT2D eigenvalue weighted by Gasteiger charge is 2.24. The van der Waals surface area contributed by atoms with Crippen LogP contribution >= 0.6 is 0 Å². The molecule has 0 aliphatic carbocycles. The minimum atomic E-state index is -0.434. The van der Waals surface area contributed by atoms with Crippen molar-refractivity contribution in [3.05, 3.63) is 23.8 Å². The van der Waals surface area contributed by atoms with Crippen LogP contribution in [0.1, 0.15) is 36.5 Å². The van der Waals surface area contributed by atoms with Crippen LogP contribution in [0.4, 0.5) is 11.4 Å². The van der Waals surface area contributed by atoms with Gasteiger partial charge in [-0.2, -0.15) is 0 Å². The van der Waals surface area contributed by atoms with E-state index in [0.29, 0.717) is 17.3 Å². The van der Waals surface area contributed by atoms with Crippen molar-refractivity contribution >= 4 is 17.3 Å². The summed E-state index contributed by atoms with van der Waals surface area (Å²) in [6.45, 7) is 3.23. The summed E-state index contributed by atoms with van der Waals surface area (Å²) in [5.41, 5.74) is 13.4. The van der Waals surface area contributed by atoms with Gasteiger partial charge in [0.15, 0.2) is 0 Å². The quantitative estimate of drug-likeness (QED) is 0.781. The smallest absolute Gasteiger partial charge is 0.248 e.